The van der Waals surface area contributed by atoms with Crippen molar-refractivity contribution < 1.29 is 4.79 Å². The van der Waals surface area contributed by atoms with E-state index in [1.165, 1.54) is 28.7 Å². The highest BCUT2D eigenvalue weighted by Crippen LogP contribution is 2.30. The van der Waals surface area contributed by atoms with Gasteiger partial charge in [0.2, 0.25) is 11.0 Å². The van der Waals surface area contributed by atoms with Crippen molar-refractivity contribution in [3.8, 4) is 0 Å². The number of carbonyl (C=O) groups excluding carboxylic acids is 1. The van der Waals surface area contributed by atoms with Crippen LogP contribution in [0.3, 0.4) is 0 Å². The summed E-state index contributed by atoms with van der Waals surface area (Å²) >= 11 is 2.87. The summed E-state index contributed by atoms with van der Waals surface area (Å²) in [5, 5.41) is 14.8. The Hall–Kier alpha value is -1.60. The van der Waals surface area contributed by atoms with E-state index in [2.05, 4.69) is 20.8 Å². The van der Waals surface area contributed by atoms with E-state index in [0.29, 0.717) is 6.54 Å². The summed E-state index contributed by atoms with van der Waals surface area (Å²) in [5.74, 6) is 0.0193. The molecule has 0 saturated heterocycles. The third kappa shape index (κ3) is 4.71. The van der Waals surface area contributed by atoms with Gasteiger partial charge < -0.3 is 10.6 Å². The third-order valence-corrected chi connectivity index (χ3v) is 4.70. The Morgan fingerprint density at radius 1 is 1.43 bits per heavy atom. The molecule has 0 saturated carbocycles. The quantitative estimate of drug-likeness (QED) is 0.799. The first-order valence-corrected chi connectivity index (χ1v) is 8.39. The Balaban J connectivity index is 1.96. The van der Waals surface area contributed by atoms with E-state index in [1.54, 1.807) is 0 Å². The van der Waals surface area contributed by atoms with Crippen LogP contribution in [-0.4, -0.2) is 27.9 Å². The topological polar surface area (TPSA) is 66.9 Å². The van der Waals surface area contributed by atoms with Crippen LogP contribution in [0.4, 0.5) is 10.8 Å². The molecule has 2 rings (SSSR count). The van der Waals surface area contributed by atoms with Gasteiger partial charge in [0.15, 0.2) is 4.34 Å². The molecular weight excluding hydrogens is 304 g/mol. The smallest absolute Gasteiger partial charge is 0.233 e. The van der Waals surface area contributed by atoms with Gasteiger partial charge in [0, 0.05) is 12.2 Å². The number of amides is 1. The third-order valence-electron chi connectivity index (χ3n) is 2.67. The molecule has 0 aliphatic rings. The maximum atomic E-state index is 11.7. The fourth-order valence-corrected chi connectivity index (χ4v) is 3.62. The minimum absolute atomic E-state index is 0.0193. The van der Waals surface area contributed by atoms with Gasteiger partial charge in [-0.2, -0.15) is 0 Å². The number of thioether (sulfide) groups is 1. The van der Waals surface area contributed by atoms with Gasteiger partial charge in [-0.1, -0.05) is 35.2 Å². The summed E-state index contributed by atoms with van der Waals surface area (Å²) in [7, 11) is 0. The maximum Gasteiger partial charge on any atom is 0.233 e. The lowest BCUT2D eigenvalue weighted by molar-refractivity contribution is -0.120. The van der Waals surface area contributed by atoms with Crippen LogP contribution in [0.2, 0.25) is 0 Å². The summed E-state index contributed by atoms with van der Waals surface area (Å²) in [6.45, 7) is 6.45. The van der Waals surface area contributed by atoms with Crippen LogP contribution in [0.1, 0.15) is 19.4 Å². The van der Waals surface area contributed by atoms with Gasteiger partial charge in [-0.15, -0.1) is 10.2 Å². The van der Waals surface area contributed by atoms with Gasteiger partial charge in [0.1, 0.15) is 0 Å². The Morgan fingerprint density at radius 2 is 2.24 bits per heavy atom. The Morgan fingerprint density at radius 3 is 2.95 bits per heavy atom. The number of nitrogens with one attached hydrogen (secondary N) is 2. The molecule has 1 aromatic carbocycles. The Kier molecular flexibility index (Phi) is 5.58. The predicted molar refractivity (Wildman–Crippen MR) is 88.4 cm³/mol. The highest BCUT2D eigenvalue weighted by atomic mass is 32.2. The van der Waals surface area contributed by atoms with Crippen molar-refractivity contribution in [1.29, 1.82) is 0 Å². The molecule has 0 spiro atoms. The second-order valence-corrected chi connectivity index (χ2v) is 7.09. The summed E-state index contributed by atoms with van der Waals surface area (Å²) in [5.41, 5.74) is 2.17. The minimum Gasteiger partial charge on any atom is -0.355 e. The van der Waals surface area contributed by atoms with E-state index in [1.807, 2.05) is 45.0 Å². The first-order chi connectivity index (χ1) is 10.1. The van der Waals surface area contributed by atoms with Crippen molar-refractivity contribution in [2.24, 2.45) is 0 Å². The molecule has 0 radical (unpaired) electrons. The number of hydrogen-bond acceptors (Lipinski definition) is 6. The van der Waals surface area contributed by atoms with Crippen molar-refractivity contribution in [3.63, 3.8) is 0 Å². The number of carbonyl (C=O) groups is 1. The molecular formula is C14H18N4OS2. The van der Waals surface area contributed by atoms with Crippen LogP contribution in [0.25, 0.3) is 0 Å². The molecule has 5 nitrogen and oxygen atoms in total. The molecule has 21 heavy (non-hydrogen) atoms. The van der Waals surface area contributed by atoms with Crippen LogP contribution in [0.5, 0.6) is 0 Å². The molecule has 1 heterocycles. The second kappa shape index (κ2) is 7.42. The van der Waals surface area contributed by atoms with Gasteiger partial charge in [0.05, 0.1) is 5.25 Å². The molecule has 112 valence electrons. The number of nitrogens with zero attached hydrogens (tertiary/aromatic N) is 2. The molecule has 0 bridgehead atoms. The SMILES string of the molecule is CCNC(=O)[C@@H](C)Sc1nnc(Nc2cccc(C)c2)s1. The van der Waals surface area contributed by atoms with E-state index in [0.717, 1.165) is 15.2 Å². The predicted octanol–water partition coefficient (Wildman–Crippen LogP) is 3.21. The zero-order valence-electron chi connectivity index (χ0n) is 12.2. The number of hydrogen-bond donors (Lipinski definition) is 2. The van der Waals surface area contributed by atoms with Crippen molar-refractivity contribution in [1.82, 2.24) is 15.5 Å². The molecule has 0 unspecified atom stereocenters. The molecule has 1 amide bonds. The van der Waals surface area contributed by atoms with Gasteiger partial charge in [-0.05, 0) is 38.5 Å². The average molecular weight is 322 g/mol. The number of rotatable bonds is 6. The molecule has 1 aromatic heterocycles. The molecule has 0 aliphatic carbocycles. The van der Waals surface area contributed by atoms with E-state index < -0.39 is 0 Å². The highest BCUT2D eigenvalue weighted by Gasteiger charge is 2.16. The molecule has 2 aromatic rings. The lowest BCUT2D eigenvalue weighted by Gasteiger charge is -2.07. The average Bonchev–Trinajstić information content (AvgIpc) is 2.86. The van der Waals surface area contributed by atoms with Gasteiger partial charge in [-0.3, -0.25) is 4.79 Å². The fraction of sp³-hybridized carbons (Fsp3) is 0.357. The van der Waals surface area contributed by atoms with E-state index >= 15 is 0 Å². The molecule has 2 N–H and O–H groups in total. The van der Waals surface area contributed by atoms with Crippen molar-refractivity contribution in [3.05, 3.63) is 29.8 Å². The summed E-state index contributed by atoms with van der Waals surface area (Å²) < 4.78 is 0.781. The highest BCUT2D eigenvalue weighted by molar-refractivity contribution is 8.02. The first kappa shape index (κ1) is 15.8. The summed E-state index contributed by atoms with van der Waals surface area (Å²) in [6, 6.07) is 8.07. The van der Waals surface area contributed by atoms with Crippen molar-refractivity contribution in [2.75, 3.05) is 11.9 Å². The van der Waals surface area contributed by atoms with Crippen LogP contribution in [0.15, 0.2) is 28.6 Å². The molecule has 0 aliphatic heterocycles. The van der Waals surface area contributed by atoms with Crippen LogP contribution >= 0.6 is 23.1 Å². The zero-order valence-corrected chi connectivity index (χ0v) is 13.8. The standard InChI is InChI=1S/C14H18N4OS2/c1-4-15-12(19)10(3)20-14-18-17-13(21-14)16-11-7-5-6-9(2)8-11/h5-8,10H,4H2,1-3H3,(H,15,19)(H,16,17)/t10-/m1/s1. The van der Waals surface area contributed by atoms with Crippen molar-refractivity contribution >= 4 is 39.8 Å². The van der Waals surface area contributed by atoms with Crippen LogP contribution < -0.4 is 10.6 Å². The molecule has 7 heteroatoms. The van der Waals surface area contributed by atoms with E-state index in [9.17, 15) is 4.79 Å². The van der Waals surface area contributed by atoms with Crippen LogP contribution in [0, 0.1) is 6.92 Å². The zero-order chi connectivity index (χ0) is 15.2. The minimum atomic E-state index is -0.176. The van der Waals surface area contributed by atoms with Crippen LogP contribution in [-0.2, 0) is 4.79 Å². The number of aryl methyl sites for hydroxylation is 1. The summed E-state index contributed by atoms with van der Waals surface area (Å²) in [6.07, 6.45) is 0. The largest absolute Gasteiger partial charge is 0.355 e. The maximum absolute atomic E-state index is 11.7. The van der Waals surface area contributed by atoms with Gasteiger partial charge >= 0.3 is 0 Å². The molecule has 0 fully saturated rings. The van der Waals surface area contributed by atoms with Gasteiger partial charge in [0.25, 0.3) is 0 Å². The Bertz CT molecular complexity index is 615. The lowest BCUT2D eigenvalue weighted by Crippen LogP contribution is -2.30. The normalized spacial score (nSPS) is 12.0. The van der Waals surface area contributed by atoms with Gasteiger partial charge in [-0.25, -0.2) is 0 Å². The first-order valence-electron chi connectivity index (χ1n) is 6.70. The molecule has 1 atom stereocenters. The number of anilines is 2. The second-order valence-electron chi connectivity index (χ2n) is 4.52. The lowest BCUT2D eigenvalue weighted by atomic mass is 10.2. The van der Waals surface area contributed by atoms with E-state index in [-0.39, 0.29) is 11.2 Å². The monoisotopic (exact) mass is 322 g/mol. The Labute approximate surface area is 132 Å². The fourth-order valence-electron chi connectivity index (χ4n) is 1.68. The summed E-state index contributed by atoms with van der Waals surface area (Å²) in [4.78, 5) is 11.7. The van der Waals surface area contributed by atoms with Crippen molar-refractivity contribution in [2.45, 2.75) is 30.4 Å². The van der Waals surface area contributed by atoms with E-state index in [4.69, 9.17) is 0 Å². The number of benzene rings is 1. The number of aromatic nitrogens is 2.